The molecular formula is C26H25Cl2N3O2. The molecule has 0 fully saturated rings. The molecule has 0 spiro atoms. The van der Waals surface area contributed by atoms with Crippen LogP contribution in [-0.2, 0) is 0 Å². The number of carbonyl (C=O) groups is 2. The van der Waals surface area contributed by atoms with Crippen LogP contribution in [0, 0.1) is 0 Å². The quantitative estimate of drug-likeness (QED) is 0.490. The Bertz CT molecular complexity index is 1160. The minimum absolute atomic E-state index is 0.0507. The number of para-hydroxylation sites is 1. The summed E-state index contributed by atoms with van der Waals surface area (Å²) < 4.78 is 0. The Balaban J connectivity index is 1.50. The Labute approximate surface area is 203 Å². The van der Waals surface area contributed by atoms with Crippen molar-refractivity contribution in [2.45, 2.75) is 12.3 Å². The molecular weight excluding hydrogens is 457 g/mol. The molecule has 0 saturated heterocycles. The zero-order valence-electron chi connectivity index (χ0n) is 18.5. The van der Waals surface area contributed by atoms with Gasteiger partial charge in [0.15, 0.2) is 0 Å². The van der Waals surface area contributed by atoms with E-state index in [1.165, 1.54) is 5.56 Å². The summed E-state index contributed by atoms with van der Waals surface area (Å²) in [6.45, 7) is 1.62. The van der Waals surface area contributed by atoms with Gasteiger partial charge in [-0.3, -0.25) is 9.59 Å². The molecule has 0 radical (unpaired) electrons. The van der Waals surface area contributed by atoms with Crippen molar-refractivity contribution in [1.82, 2.24) is 4.90 Å². The van der Waals surface area contributed by atoms with Gasteiger partial charge >= 0.3 is 0 Å². The van der Waals surface area contributed by atoms with Crippen molar-refractivity contribution in [3.05, 3.63) is 93.5 Å². The van der Waals surface area contributed by atoms with Crippen molar-refractivity contribution < 1.29 is 9.59 Å². The number of rotatable bonds is 5. The second-order valence-corrected chi connectivity index (χ2v) is 9.33. The molecule has 0 aliphatic carbocycles. The van der Waals surface area contributed by atoms with Crippen LogP contribution < -0.4 is 10.2 Å². The number of likely N-dealkylation sites (N-methyl/N-ethyl adjacent to an activating group) is 1. The summed E-state index contributed by atoms with van der Waals surface area (Å²) in [4.78, 5) is 29.9. The molecule has 4 rings (SSSR count). The van der Waals surface area contributed by atoms with Gasteiger partial charge in [0, 0.05) is 51.6 Å². The first-order chi connectivity index (χ1) is 15.8. The molecule has 2 amide bonds. The molecule has 33 heavy (non-hydrogen) atoms. The maximum atomic E-state index is 13.3. The molecule has 0 saturated carbocycles. The number of benzene rings is 3. The lowest BCUT2D eigenvalue weighted by Crippen LogP contribution is -2.38. The lowest BCUT2D eigenvalue weighted by Gasteiger charge is -2.35. The Morgan fingerprint density at radius 1 is 0.970 bits per heavy atom. The van der Waals surface area contributed by atoms with Gasteiger partial charge in [0.2, 0.25) is 0 Å². The van der Waals surface area contributed by atoms with Gasteiger partial charge in [-0.1, -0.05) is 41.4 Å². The van der Waals surface area contributed by atoms with E-state index in [1.807, 2.05) is 23.1 Å². The number of nitrogens with zero attached hydrogens (tertiary/aromatic N) is 2. The van der Waals surface area contributed by atoms with Crippen LogP contribution in [0.1, 0.15) is 38.6 Å². The van der Waals surface area contributed by atoms with Crippen molar-refractivity contribution in [1.29, 1.82) is 0 Å². The van der Waals surface area contributed by atoms with Crippen molar-refractivity contribution in [2.75, 3.05) is 37.4 Å². The lowest BCUT2D eigenvalue weighted by molar-refractivity contribution is 0.0982. The smallest absolute Gasteiger partial charge is 0.258 e. The highest BCUT2D eigenvalue weighted by molar-refractivity contribution is 6.35. The van der Waals surface area contributed by atoms with E-state index in [0.717, 1.165) is 18.7 Å². The largest absolute Gasteiger partial charge is 0.322 e. The summed E-state index contributed by atoms with van der Waals surface area (Å²) in [5.41, 5.74) is 3.69. The highest BCUT2D eigenvalue weighted by Crippen LogP contribution is 2.36. The van der Waals surface area contributed by atoms with E-state index in [-0.39, 0.29) is 11.8 Å². The van der Waals surface area contributed by atoms with E-state index in [9.17, 15) is 9.59 Å². The molecule has 7 heteroatoms. The Morgan fingerprint density at radius 2 is 1.64 bits per heavy atom. The van der Waals surface area contributed by atoms with E-state index in [1.54, 1.807) is 42.5 Å². The molecule has 1 aliphatic rings. The van der Waals surface area contributed by atoms with E-state index >= 15 is 0 Å². The van der Waals surface area contributed by atoms with E-state index in [4.69, 9.17) is 23.2 Å². The highest BCUT2D eigenvalue weighted by atomic mass is 35.5. The minimum atomic E-state index is -0.324. The van der Waals surface area contributed by atoms with Crippen molar-refractivity contribution in [3.63, 3.8) is 0 Å². The summed E-state index contributed by atoms with van der Waals surface area (Å²) in [6.07, 6.45) is 0.914. The third-order valence-electron chi connectivity index (χ3n) is 5.71. The summed E-state index contributed by atoms with van der Waals surface area (Å²) in [5.74, 6) is 0.0263. The van der Waals surface area contributed by atoms with Gasteiger partial charge in [-0.2, -0.15) is 0 Å². The van der Waals surface area contributed by atoms with Crippen molar-refractivity contribution >= 4 is 46.4 Å². The molecule has 1 heterocycles. The van der Waals surface area contributed by atoms with E-state index in [2.05, 4.69) is 30.4 Å². The Kier molecular flexibility index (Phi) is 7.03. The Morgan fingerprint density at radius 3 is 2.30 bits per heavy atom. The maximum Gasteiger partial charge on any atom is 0.258 e. The van der Waals surface area contributed by atoms with E-state index in [0.29, 0.717) is 39.3 Å². The van der Waals surface area contributed by atoms with Crippen LogP contribution in [0.4, 0.5) is 11.4 Å². The molecule has 0 bridgehead atoms. The van der Waals surface area contributed by atoms with Crippen LogP contribution in [-0.4, -0.2) is 43.9 Å². The molecule has 170 valence electrons. The van der Waals surface area contributed by atoms with Crippen LogP contribution >= 0.6 is 23.2 Å². The minimum Gasteiger partial charge on any atom is -0.322 e. The summed E-state index contributed by atoms with van der Waals surface area (Å²) in [6, 6.07) is 19.7. The fourth-order valence-electron chi connectivity index (χ4n) is 4.22. The van der Waals surface area contributed by atoms with Gasteiger partial charge in [-0.15, -0.1) is 0 Å². The summed E-state index contributed by atoms with van der Waals surface area (Å²) >= 11 is 12.0. The molecule has 1 unspecified atom stereocenters. The highest BCUT2D eigenvalue weighted by Gasteiger charge is 2.29. The predicted octanol–water partition coefficient (Wildman–Crippen LogP) is 5.94. The van der Waals surface area contributed by atoms with Crippen LogP contribution in [0.15, 0.2) is 66.7 Å². The molecule has 1 aliphatic heterocycles. The standard InChI is InChI=1S/C26H25Cl2N3O2/c1-30(2)16-18-11-12-31(24-6-4-3-5-23(18)24)26(33)17-7-9-22(10-8-17)29-25(32)19-13-20(27)15-21(28)14-19/h3-10,13-15,18H,11-12,16H2,1-2H3,(H,29,32). The Hall–Kier alpha value is -2.86. The first-order valence-corrected chi connectivity index (χ1v) is 11.5. The molecule has 5 nitrogen and oxygen atoms in total. The maximum absolute atomic E-state index is 13.3. The van der Waals surface area contributed by atoms with Gasteiger partial charge in [0.1, 0.15) is 0 Å². The topological polar surface area (TPSA) is 52.6 Å². The van der Waals surface area contributed by atoms with Gasteiger partial charge in [0.25, 0.3) is 11.8 Å². The molecule has 3 aromatic rings. The third kappa shape index (κ3) is 5.38. The summed E-state index contributed by atoms with van der Waals surface area (Å²) in [7, 11) is 4.14. The first-order valence-electron chi connectivity index (χ1n) is 10.7. The lowest BCUT2D eigenvalue weighted by atomic mass is 9.89. The number of carbonyl (C=O) groups excluding carboxylic acids is 2. The van der Waals surface area contributed by atoms with Crippen LogP contribution in [0.3, 0.4) is 0 Å². The average molecular weight is 482 g/mol. The monoisotopic (exact) mass is 481 g/mol. The van der Waals surface area contributed by atoms with Gasteiger partial charge in [0.05, 0.1) is 0 Å². The average Bonchev–Trinajstić information content (AvgIpc) is 2.78. The first kappa shape index (κ1) is 23.3. The number of fused-ring (bicyclic) bond motifs is 1. The van der Waals surface area contributed by atoms with Crippen LogP contribution in [0.2, 0.25) is 10.0 Å². The van der Waals surface area contributed by atoms with Crippen LogP contribution in [0.25, 0.3) is 0 Å². The van der Waals surface area contributed by atoms with Gasteiger partial charge in [-0.25, -0.2) is 0 Å². The van der Waals surface area contributed by atoms with Crippen LogP contribution in [0.5, 0.6) is 0 Å². The number of halogens is 2. The molecule has 1 N–H and O–H groups in total. The third-order valence-corrected chi connectivity index (χ3v) is 6.15. The van der Waals surface area contributed by atoms with Crippen molar-refractivity contribution in [2.24, 2.45) is 0 Å². The van der Waals surface area contributed by atoms with Gasteiger partial charge in [-0.05, 0) is 74.6 Å². The SMILES string of the molecule is CN(C)CC1CCN(C(=O)c2ccc(NC(=O)c3cc(Cl)cc(Cl)c3)cc2)c2ccccc21. The fraction of sp³-hybridized carbons (Fsp3) is 0.231. The number of hydrogen-bond donors (Lipinski definition) is 1. The van der Waals surface area contributed by atoms with Crippen molar-refractivity contribution in [3.8, 4) is 0 Å². The molecule has 0 aromatic heterocycles. The fourth-order valence-corrected chi connectivity index (χ4v) is 4.75. The number of hydrogen-bond acceptors (Lipinski definition) is 3. The second kappa shape index (κ2) is 9.96. The number of nitrogens with one attached hydrogen (secondary N) is 1. The zero-order chi connectivity index (χ0) is 23.5. The van der Waals surface area contributed by atoms with Gasteiger partial charge < -0.3 is 15.1 Å². The summed E-state index contributed by atoms with van der Waals surface area (Å²) in [5, 5.41) is 3.60. The number of anilines is 2. The normalized spacial score (nSPS) is 15.3. The predicted molar refractivity (Wildman–Crippen MR) is 135 cm³/mol. The second-order valence-electron chi connectivity index (χ2n) is 8.45. The number of amides is 2. The molecule has 3 aromatic carbocycles. The zero-order valence-corrected chi connectivity index (χ0v) is 20.0. The molecule has 1 atom stereocenters. The van der Waals surface area contributed by atoms with E-state index < -0.39 is 0 Å².